The number of pyridine rings is 1. The lowest BCUT2D eigenvalue weighted by molar-refractivity contribution is 0.112. The summed E-state index contributed by atoms with van der Waals surface area (Å²) in [4.78, 5) is 13.7. The Kier molecular flexibility index (Phi) is 3.47. The van der Waals surface area contributed by atoms with E-state index in [0.29, 0.717) is 12.3 Å². The minimum absolute atomic E-state index is 0.0120. The van der Waals surface area contributed by atoms with Crippen LogP contribution in [0.3, 0.4) is 0 Å². The molecule has 0 bridgehead atoms. The SMILES string of the molecule is O=Cc1cc(F)ncc1-c1c(F)c(F)c(F)c(F)c1F. The van der Waals surface area contributed by atoms with Gasteiger partial charge in [-0.1, -0.05) is 0 Å². The van der Waals surface area contributed by atoms with Crippen LogP contribution in [0.15, 0.2) is 12.3 Å². The third-order valence-corrected chi connectivity index (χ3v) is 2.51. The highest BCUT2D eigenvalue weighted by atomic mass is 19.2. The fourth-order valence-corrected chi connectivity index (χ4v) is 1.59. The van der Waals surface area contributed by atoms with Gasteiger partial charge in [0.1, 0.15) is 0 Å². The molecular weight excluding hydrogens is 288 g/mol. The van der Waals surface area contributed by atoms with Crippen molar-refractivity contribution in [3.05, 3.63) is 52.9 Å². The van der Waals surface area contributed by atoms with E-state index in [1.54, 1.807) is 0 Å². The van der Waals surface area contributed by atoms with Gasteiger partial charge in [-0.2, -0.15) is 4.39 Å². The minimum Gasteiger partial charge on any atom is -0.298 e. The smallest absolute Gasteiger partial charge is 0.213 e. The van der Waals surface area contributed by atoms with Gasteiger partial charge in [0.25, 0.3) is 0 Å². The number of hydrogen-bond donors (Lipinski definition) is 0. The molecule has 0 atom stereocenters. The first kappa shape index (κ1) is 14.0. The van der Waals surface area contributed by atoms with Crippen LogP contribution < -0.4 is 0 Å². The number of carbonyl (C=O) groups excluding carboxylic acids is 1. The Morgan fingerprint density at radius 1 is 0.850 bits per heavy atom. The lowest BCUT2D eigenvalue weighted by Gasteiger charge is -2.09. The van der Waals surface area contributed by atoms with Gasteiger partial charge in [-0.25, -0.2) is 26.9 Å². The maximum atomic E-state index is 13.5. The van der Waals surface area contributed by atoms with Crippen molar-refractivity contribution in [3.63, 3.8) is 0 Å². The Morgan fingerprint density at radius 3 is 1.85 bits per heavy atom. The standard InChI is InChI=1S/C12H3F6NO/c13-6-1-4(3-20)5(2-19-6)7-8(14)10(16)12(18)11(17)9(7)15/h1-3H. The van der Waals surface area contributed by atoms with Crippen LogP contribution in [0.1, 0.15) is 10.4 Å². The third-order valence-electron chi connectivity index (χ3n) is 2.51. The predicted molar refractivity (Wildman–Crippen MR) is 54.8 cm³/mol. The van der Waals surface area contributed by atoms with E-state index in [0.717, 1.165) is 0 Å². The van der Waals surface area contributed by atoms with Gasteiger partial charge in [0.15, 0.2) is 29.6 Å². The molecule has 1 heterocycles. The molecule has 8 heteroatoms. The van der Waals surface area contributed by atoms with Gasteiger partial charge in [-0.3, -0.25) is 4.79 Å². The van der Waals surface area contributed by atoms with Gasteiger partial charge in [0.2, 0.25) is 11.8 Å². The number of nitrogens with zero attached hydrogens (tertiary/aromatic N) is 1. The summed E-state index contributed by atoms with van der Waals surface area (Å²) in [6.07, 6.45) is 0.523. The van der Waals surface area contributed by atoms with Crippen LogP contribution in [-0.2, 0) is 0 Å². The highest BCUT2D eigenvalue weighted by Crippen LogP contribution is 2.32. The van der Waals surface area contributed by atoms with Crippen molar-refractivity contribution in [2.75, 3.05) is 0 Å². The Hall–Kier alpha value is -2.38. The highest BCUT2D eigenvalue weighted by molar-refractivity contribution is 5.87. The fourth-order valence-electron chi connectivity index (χ4n) is 1.59. The van der Waals surface area contributed by atoms with Crippen molar-refractivity contribution in [1.29, 1.82) is 0 Å². The number of rotatable bonds is 2. The lowest BCUT2D eigenvalue weighted by Crippen LogP contribution is -2.06. The molecule has 0 unspecified atom stereocenters. The van der Waals surface area contributed by atoms with Gasteiger partial charge in [0.05, 0.1) is 5.56 Å². The largest absolute Gasteiger partial charge is 0.298 e. The van der Waals surface area contributed by atoms with Gasteiger partial charge in [0, 0.05) is 23.4 Å². The summed E-state index contributed by atoms with van der Waals surface area (Å²) in [5, 5.41) is 0. The van der Waals surface area contributed by atoms with Crippen molar-refractivity contribution in [2.24, 2.45) is 0 Å². The number of hydrogen-bond acceptors (Lipinski definition) is 2. The number of aromatic nitrogens is 1. The Bertz CT molecular complexity index is 687. The third kappa shape index (κ3) is 2.02. The molecule has 2 aromatic rings. The summed E-state index contributed by atoms with van der Waals surface area (Å²) in [6.45, 7) is 0. The van der Waals surface area contributed by atoms with E-state index in [4.69, 9.17) is 0 Å². The molecule has 0 aliphatic heterocycles. The molecule has 2 nitrogen and oxygen atoms in total. The second kappa shape index (κ2) is 4.95. The van der Waals surface area contributed by atoms with Crippen LogP contribution in [0.2, 0.25) is 0 Å². The van der Waals surface area contributed by atoms with Crippen LogP contribution >= 0.6 is 0 Å². The lowest BCUT2D eigenvalue weighted by atomic mass is 10.0. The van der Waals surface area contributed by atoms with Crippen molar-refractivity contribution < 1.29 is 31.1 Å². The zero-order chi connectivity index (χ0) is 15.0. The molecule has 0 radical (unpaired) electrons. The molecule has 2 rings (SSSR count). The molecule has 0 spiro atoms. The molecule has 0 aliphatic rings. The van der Waals surface area contributed by atoms with Crippen LogP contribution in [-0.4, -0.2) is 11.3 Å². The second-order valence-electron chi connectivity index (χ2n) is 3.66. The molecule has 1 aromatic heterocycles. The Labute approximate surface area is 107 Å². The summed E-state index contributed by atoms with van der Waals surface area (Å²) in [5.41, 5.74) is -2.63. The number of carbonyl (C=O) groups is 1. The molecule has 0 aliphatic carbocycles. The van der Waals surface area contributed by atoms with Crippen molar-refractivity contribution in [2.45, 2.75) is 0 Å². The average Bonchev–Trinajstić information content (AvgIpc) is 2.44. The average molecular weight is 291 g/mol. The molecule has 0 N–H and O–H groups in total. The minimum atomic E-state index is -2.33. The first-order valence-corrected chi connectivity index (χ1v) is 5.01. The van der Waals surface area contributed by atoms with E-state index in [9.17, 15) is 31.1 Å². The van der Waals surface area contributed by atoms with E-state index in [-0.39, 0.29) is 6.29 Å². The first-order chi connectivity index (χ1) is 9.38. The molecule has 20 heavy (non-hydrogen) atoms. The maximum Gasteiger partial charge on any atom is 0.213 e. The first-order valence-electron chi connectivity index (χ1n) is 5.01. The molecule has 1 aromatic carbocycles. The Morgan fingerprint density at radius 2 is 1.35 bits per heavy atom. The van der Waals surface area contributed by atoms with Crippen LogP contribution in [0.25, 0.3) is 11.1 Å². The molecule has 0 fully saturated rings. The zero-order valence-corrected chi connectivity index (χ0v) is 9.36. The summed E-state index contributed by atoms with van der Waals surface area (Å²) < 4.78 is 78.9. The summed E-state index contributed by atoms with van der Waals surface area (Å²) in [5.74, 6) is -12.1. The topological polar surface area (TPSA) is 30.0 Å². The number of aldehydes is 1. The van der Waals surface area contributed by atoms with E-state index < -0.39 is 51.7 Å². The van der Waals surface area contributed by atoms with Gasteiger partial charge in [-0.05, 0) is 0 Å². The van der Waals surface area contributed by atoms with Crippen LogP contribution in [0.5, 0.6) is 0 Å². The number of halogens is 6. The second-order valence-corrected chi connectivity index (χ2v) is 3.66. The van der Waals surface area contributed by atoms with E-state index in [1.807, 2.05) is 0 Å². The van der Waals surface area contributed by atoms with Gasteiger partial charge in [-0.15, -0.1) is 0 Å². The van der Waals surface area contributed by atoms with Crippen molar-refractivity contribution >= 4 is 6.29 Å². The van der Waals surface area contributed by atoms with Gasteiger partial charge >= 0.3 is 0 Å². The normalized spacial score (nSPS) is 10.7. The summed E-state index contributed by atoms with van der Waals surface area (Å²) >= 11 is 0. The molecule has 0 saturated heterocycles. The molecular formula is C12H3F6NO. The van der Waals surface area contributed by atoms with Gasteiger partial charge < -0.3 is 0 Å². The van der Waals surface area contributed by atoms with Crippen molar-refractivity contribution in [3.8, 4) is 11.1 Å². The molecule has 104 valence electrons. The quantitative estimate of drug-likeness (QED) is 0.279. The van der Waals surface area contributed by atoms with E-state index >= 15 is 0 Å². The summed E-state index contributed by atoms with van der Waals surface area (Å²) in [7, 11) is 0. The van der Waals surface area contributed by atoms with E-state index in [2.05, 4.69) is 4.98 Å². The highest BCUT2D eigenvalue weighted by Gasteiger charge is 2.28. The van der Waals surface area contributed by atoms with Crippen molar-refractivity contribution in [1.82, 2.24) is 4.98 Å². The molecule has 0 amide bonds. The van der Waals surface area contributed by atoms with Crippen LogP contribution in [0, 0.1) is 35.0 Å². The Balaban J connectivity index is 2.87. The van der Waals surface area contributed by atoms with E-state index in [1.165, 1.54) is 0 Å². The fraction of sp³-hybridized carbons (Fsp3) is 0. The molecule has 0 saturated carbocycles. The van der Waals surface area contributed by atoms with Crippen LogP contribution in [0.4, 0.5) is 26.3 Å². The monoisotopic (exact) mass is 291 g/mol. The maximum absolute atomic E-state index is 13.5. The number of benzene rings is 1. The zero-order valence-electron chi connectivity index (χ0n) is 9.36. The summed E-state index contributed by atoms with van der Waals surface area (Å²) in [6, 6.07) is 0.514. The predicted octanol–water partition coefficient (Wildman–Crippen LogP) is 3.40.